The smallest absolute Gasteiger partial charge is 0.128 e. The van der Waals surface area contributed by atoms with E-state index in [-0.39, 0.29) is 0 Å². The van der Waals surface area contributed by atoms with Gasteiger partial charge in [0.2, 0.25) is 0 Å². The highest BCUT2D eigenvalue weighted by atomic mass is 16.5. The molecule has 0 radical (unpaired) electrons. The zero-order valence-corrected chi connectivity index (χ0v) is 10.4. The molecule has 17 heavy (non-hydrogen) atoms. The van der Waals surface area contributed by atoms with Crippen molar-refractivity contribution >= 4 is 5.82 Å². The standard InChI is InChI=1S/C13H17N3O/c1-4-9-12(15-16(2)13(9)14)10-7-5-6-8-11(10)17-3/h5-8H,4,14H2,1-3H3. The average Bonchev–Trinajstić information content (AvgIpc) is 2.65. The molecular formula is C13H17N3O. The van der Waals surface area contributed by atoms with E-state index in [0.29, 0.717) is 5.82 Å². The molecule has 0 saturated heterocycles. The SMILES string of the molecule is CCc1c(-c2ccccc2OC)nn(C)c1N. The Morgan fingerprint density at radius 2 is 2.06 bits per heavy atom. The van der Waals surface area contributed by atoms with Gasteiger partial charge in [0.1, 0.15) is 17.3 Å². The van der Waals surface area contributed by atoms with E-state index in [1.807, 2.05) is 31.3 Å². The number of nitrogens with zero attached hydrogens (tertiary/aromatic N) is 2. The molecule has 0 unspecified atom stereocenters. The second-order valence-corrected chi connectivity index (χ2v) is 3.89. The quantitative estimate of drug-likeness (QED) is 0.881. The number of hydrogen-bond acceptors (Lipinski definition) is 3. The molecule has 0 fully saturated rings. The molecule has 0 spiro atoms. The Kier molecular flexibility index (Phi) is 3.04. The topological polar surface area (TPSA) is 53.1 Å². The first-order chi connectivity index (χ1) is 8.19. The number of para-hydroxylation sites is 1. The van der Waals surface area contributed by atoms with Crippen molar-refractivity contribution in [2.45, 2.75) is 13.3 Å². The fourth-order valence-corrected chi connectivity index (χ4v) is 1.99. The Morgan fingerprint density at radius 3 is 2.71 bits per heavy atom. The number of benzene rings is 1. The molecule has 2 rings (SSSR count). The van der Waals surface area contributed by atoms with Gasteiger partial charge in [-0.05, 0) is 18.6 Å². The Morgan fingerprint density at radius 1 is 1.35 bits per heavy atom. The maximum absolute atomic E-state index is 6.00. The predicted molar refractivity (Wildman–Crippen MR) is 69.0 cm³/mol. The third kappa shape index (κ3) is 1.86. The van der Waals surface area contributed by atoms with Gasteiger partial charge in [0.05, 0.1) is 7.11 Å². The minimum Gasteiger partial charge on any atom is -0.496 e. The summed E-state index contributed by atoms with van der Waals surface area (Å²) in [7, 11) is 3.52. The zero-order chi connectivity index (χ0) is 12.4. The number of ether oxygens (including phenoxy) is 1. The Hall–Kier alpha value is -1.97. The molecule has 0 amide bonds. The van der Waals surface area contributed by atoms with Crippen LogP contribution in [0.4, 0.5) is 5.82 Å². The van der Waals surface area contributed by atoms with Gasteiger partial charge in [-0.1, -0.05) is 19.1 Å². The van der Waals surface area contributed by atoms with Crippen LogP contribution in [0, 0.1) is 0 Å². The van der Waals surface area contributed by atoms with Crippen LogP contribution in [0.1, 0.15) is 12.5 Å². The molecule has 90 valence electrons. The van der Waals surface area contributed by atoms with Gasteiger partial charge in [0.15, 0.2) is 0 Å². The van der Waals surface area contributed by atoms with E-state index in [0.717, 1.165) is 29.0 Å². The lowest BCUT2D eigenvalue weighted by Crippen LogP contribution is -1.98. The van der Waals surface area contributed by atoms with Crippen LogP contribution in [0.15, 0.2) is 24.3 Å². The number of methoxy groups -OCH3 is 1. The molecule has 0 aliphatic heterocycles. The van der Waals surface area contributed by atoms with Crippen LogP contribution in [0.3, 0.4) is 0 Å². The van der Waals surface area contributed by atoms with Gasteiger partial charge in [-0.15, -0.1) is 0 Å². The second-order valence-electron chi connectivity index (χ2n) is 3.89. The minimum atomic E-state index is 0.716. The van der Waals surface area contributed by atoms with E-state index in [9.17, 15) is 0 Å². The number of hydrogen-bond donors (Lipinski definition) is 1. The van der Waals surface area contributed by atoms with Gasteiger partial charge in [-0.25, -0.2) is 0 Å². The molecule has 4 nitrogen and oxygen atoms in total. The van der Waals surface area contributed by atoms with E-state index in [4.69, 9.17) is 10.5 Å². The molecule has 0 aliphatic rings. The third-order valence-corrected chi connectivity index (χ3v) is 2.91. The van der Waals surface area contributed by atoms with Crippen molar-refractivity contribution in [3.63, 3.8) is 0 Å². The molecule has 1 heterocycles. The van der Waals surface area contributed by atoms with Crippen LogP contribution in [-0.4, -0.2) is 16.9 Å². The summed E-state index contributed by atoms with van der Waals surface area (Å²) >= 11 is 0. The lowest BCUT2D eigenvalue weighted by molar-refractivity contribution is 0.416. The Balaban J connectivity index is 2.64. The summed E-state index contributed by atoms with van der Waals surface area (Å²) in [6.45, 7) is 2.08. The van der Waals surface area contributed by atoms with Crippen LogP contribution in [-0.2, 0) is 13.5 Å². The molecule has 1 aromatic heterocycles. The zero-order valence-electron chi connectivity index (χ0n) is 10.4. The van der Waals surface area contributed by atoms with Crippen molar-refractivity contribution in [3.8, 4) is 17.0 Å². The summed E-state index contributed by atoms with van der Waals surface area (Å²) in [5, 5.41) is 4.47. The van der Waals surface area contributed by atoms with Crippen LogP contribution >= 0.6 is 0 Å². The predicted octanol–water partition coefficient (Wildman–Crippen LogP) is 2.24. The molecule has 0 bridgehead atoms. The molecule has 1 aromatic carbocycles. The van der Waals surface area contributed by atoms with Gasteiger partial charge in [0.25, 0.3) is 0 Å². The minimum absolute atomic E-state index is 0.716. The van der Waals surface area contributed by atoms with Crippen LogP contribution in [0.25, 0.3) is 11.3 Å². The van der Waals surface area contributed by atoms with E-state index in [1.54, 1.807) is 11.8 Å². The number of anilines is 1. The van der Waals surface area contributed by atoms with Crippen molar-refractivity contribution in [1.82, 2.24) is 9.78 Å². The first-order valence-electron chi connectivity index (χ1n) is 5.63. The summed E-state index contributed by atoms with van der Waals surface area (Å²) in [5.74, 6) is 1.54. The van der Waals surface area contributed by atoms with E-state index >= 15 is 0 Å². The normalized spacial score (nSPS) is 10.5. The number of nitrogens with two attached hydrogens (primary N) is 1. The maximum Gasteiger partial charge on any atom is 0.128 e. The van der Waals surface area contributed by atoms with Crippen molar-refractivity contribution in [1.29, 1.82) is 0 Å². The lowest BCUT2D eigenvalue weighted by Gasteiger charge is -2.07. The first kappa shape index (κ1) is 11.5. The summed E-state index contributed by atoms with van der Waals surface area (Å²) in [6, 6.07) is 7.85. The van der Waals surface area contributed by atoms with E-state index in [2.05, 4.69) is 12.0 Å². The van der Waals surface area contributed by atoms with Gasteiger partial charge in [-0.3, -0.25) is 4.68 Å². The fraction of sp³-hybridized carbons (Fsp3) is 0.308. The molecule has 0 atom stereocenters. The van der Waals surface area contributed by atoms with E-state index < -0.39 is 0 Å². The summed E-state index contributed by atoms with van der Waals surface area (Å²) in [4.78, 5) is 0. The van der Waals surface area contributed by atoms with Gasteiger partial charge >= 0.3 is 0 Å². The number of aromatic nitrogens is 2. The van der Waals surface area contributed by atoms with Gasteiger partial charge in [-0.2, -0.15) is 5.10 Å². The van der Waals surface area contributed by atoms with Crippen molar-refractivity contribution < 1.29 is 4.74 Å². The lowest BCUT2D eigenvalue weighted by atomic mass is 10.0. The molecule has 4 heteroatoms. The molecule has 0 saturated carbocycles. The fourth-order valence-electron chi connectivity index (χ4n) is 1.99. The monoisotopic (exact) mass is 231 g/mol. The van der Waals surface area contributed by atoms with Crippen LogP contribution in [0.5, 0.6) is 5.75 Å². The van der Waals surface area contributed by atoms with Crippen molar-refractivity contribution in [3.05, 3.63) is 29.8 Å². The second kappa shape index (κ2) is 4.49. The molecular weight excluding hydrogens is 214 g/mol. The third-order valence-electron chi connectivity index (χ3n) is 2.91. The highest BCUT2D eigenvalue weighted by Gasteiger charge is 2.16. The molecule has 0 aliphatic carbocycles. The summed E-state index contributed by atoms with van der Waals surface area (Å²) < 4.78 is 7.07. The van der Waals surface area contributed by atoms with Gasteiger partial charge < -0.3 is 10.5 Å². The highest BCUT2D eigenvalue weighted by Crippen LogP contribution is 2.33. The highest BCUT2D eigenvalue weighted by molar-refractivity contribution is 5.73. The summed E-state index contributed by atoms with van der Waals surface area (Å²) in [5.41, 5.74) is 8.96. The molecule has 2 N–H and O–H groups in total. The largest absolute Gasteiger partial charge is 0.496 e. The Bertz CT molecular complexity index is 531. The van der Waals surface area contributed by atoms with Crippen molar-refractivity contribution in [2.75, 3.05) is 12.8 Å². The number of rotatable bonds is 3. The van der Waals surface area contributed by atoms with Gasteiger partial charge in [0, 0.05) is 18.2 Å². The number of aryl methyl sites for hydroxylation is 1. The first-order valence-corrected chi connectivity index (χ1v) is 5.63. The van der Waals surface area contributed by atoms with Crippen LogP contribution < -0.4 is 10.5 Å². The number of nitrogen functional groups attached to an aromatic ring is 1. The summed E-state index contributed by atoms with van der Waals surface area (Å²) in [6.07, 6.45) is 0.854. The average molecular weight is 231 g/mol. The van der Waals surface area contributed by atoms with E-state index in [1.165, 1.54) is 0 Å². The van der Waals surface area contributed by atoms with Crippen LogP contribution in [0.2, 0.25) is 0 Å². The Labute approximate surface area is 101 Å². The van der Waals surface area contributed by atoms with Crippen molar-refractivity contribution in [2.24, 2.45) is 7.05 Å². The maximum atomic E-state index is 6.00. The molecule has 2 aromatic rings.